The molecule has 0 aliphatic carbocycles. The highest BCUT2D eigenvalue weighted by Gasteiger charge is 1.82. The van der Waals surface area contributed by atoms with Crippen molar-refractivity contribution >= 4 is 5.78 Å². The minimum absolute atomic E-state index is 0.0379. The predicted octanol–water partition coefficient (Wildman–Crippen LogP) is 2.26. The van der Waals surface area contributed by atoms with Gasteiger partial charge in [0, 0.05) is 0 Å². The van der Waals surface area contributed by atoms with Gasteiger partial charge in [0.05, 0.1) is 0 Å². The molecule has 1 nitrogen and oxygen atoms in total. The van der Waals surface area contributed by atoms with Crippen molar-refractivity contribution in [2.24, 2.45) is 0 Å². The molecule has 0 fully saturated rings. The molecule has 0 heterocycles. The Morgan fingerprint density at radius 2 is 2.00 bits per heavy atom. The van der Waals surface area contributed by atoms with Gasteiger partial charge in [-0.3, -0.25) is 4.79 Å². The van der Waals surface area contributed by atoms with E-state index in [0.29, 0.717) is 0 Å². The number of unbranched alkanes of at least 4 members (excludes halogenated alkanes) is 1. The van der Waals surface area contributed by atoms with Gasteiger partial charge in [0.1, 0.15) is 0 Å². The lowest BCUT2D eigenvalue weighted by Gasteiger charge is -1.82. The molecule has 0 amide bonds. The molecule has 0 unspecified atom stereocenters. The molecular weight excluding hydrogens is 124 g/mol. The van der Waals surface area contributed by atoms with Crippen LogP contribution in [0.3, 0.4) is 0 Å². The summed E-state index contributed by atoms with van der Waals surface area (Å²) in [5, 5.41) is 0. The molecule has 0 aromatic heterocycles. The summed E-state index contributed by atoms with van der Waals surface area (Å²) in [5.41, 5.74) is 0. The Morgan fingerprint density at radius 1 is 1.30 bits per heavy atom. The van der Waals surface area contributed by atoms with E-state index in [4.69, 9.17) is 0 Å². The summed E-state index contributed by atoms with van der Waals surface area (Å²) in [5.74, 6) is -0.0379. The van der Waals surface area contributed by atoms with Crippen molar-refractivity contribution in [3.05, 3.63) is 37.5 Å². The number of hydrogen-bond donors (Lipinski definition) is 0. The molecule has 0 rings (SSSR count). The molecule has 0 aliphatic rings. The average Bonchev–Trinajstić information content (AvgIpc) is 1.98. The third-order valence-corrected chi connectivity index (χ3v) is 1.02. The molecule has 10 heavy (non-hydrogen) atoms. The maximum atomic E-state index is 10.5. The second-order valence-corrected chi connectivity index (χ2v) is 1.87. The summed E-state index contributed by atoms with van der Waals surface area (Å²) in [7, 11) is 0. The Hall–Kier alpha value is -1.11. The fraction of sp³-hybridized carbons (Fsp3) is 0.222. The average molecular weight is 136 g/mol. The highest BCUT2D eigenvalue weighted by Crippen LogP contribution is 1.91. The second kappa shape index (κ2) is 6.02. The van der Waals surface area contributed by atoms with Gasteiger partial charge in [0.25, 0.3) is 0 Å². The third-order valence-electron chi connectivity index (χ3n) is 1.02. The number of carbonyl (C=O) groups is 1. The van der Waals surface area contributed by atoms with Gasteiger partial charge in [0.2, 0.25) is 0 Å². The zero-order chi connectivity index (χ0) is 7.82. The number of rotatable bonds is 5. The van der Waals surface area contributed by atoms with Gasteiger partial charge >= 0.3 is 0 Å². The quantitative estimate of drug-likeness (QED) is 0.322. The molecule has 0 bridgehead atoms. The largest absolute Gasteiger partial charge is 0.290 e. The number of allylic oxidation sites excluding steroid dienone is 4. The fourth-order valence-electron chi connectivity index (χ4n) is 0.482. The first-order chi connectivity index (χ1) is 4.81. The van der Waals surface area contributed by atoms with Crippen LogP contribution in [0.2, 0.25) is 0 Å². The van der Waals surface area contributed by atoms with E-state index in [1.807, 2.05) is 12.2 Å². The third kappa shape index (κ3) is 5.04. The molecule has 0 saturated carbocycles. The molecule has 54 valence electrons. The van der Waals surface area contributed by atoms with Crippen LogP contribution in [0.1, 0.15) is 12.8 Å². The molecule has 0 atom stereocenters. The fourth-order valence-corrected chi connectivity index (χ4v) is 0.482. The minimum atomic E-state index is -0.0379. The first kappa shape index (κ1) is 8.89. The lowest BCUT2D eigenvalue weighted by Crippen LogP contribution is -1.81. The smallest absolute Gasteiger partial charge is 0.177 e. The molecule has 0 aliphatic heterocycles. The second-order valence-electron chi connectivity index (χ2n) is 1.87. The highest BCUT2D eigenvalue weighted by atomic mass is 16.1. The van der Waals surface area contributed by atoms with Crippen molar-refractivity contribution in [2.45, 2.75) is 12.8 Å². The van der Waals surface area contributed by atoms with Crippen molar-refractivity contribution in [1.29, 1.82) is 0 Å². The van der Waals surface area contributed by atoms with Crippen molar-refractivity contribution in [1.82, 2.24) is 0 Å². The molecular formula is C9H12O. The van der Waals surface area contributed by atoms with E-state index in [9.17, 15) is 4.79 Å². The molecule has 0 aromatic rings. The summed E-state index contributed by atoms with van der Waals surface area (Å²) >= 11 is 0. The van der Waals surface area contributed by atoms with Crippen molar-refractivity contribution in [3.63, 3.8) is 0 Å². The Balaban J connectivity index is 3.45. The first-order valence-corrected chi connectivity index (χ1v) is 3.25. The van der Waals surface area contributed by atoms with Crippen molar-refractivity contribution < 1.29 is 4.79 Å². The van der Waals surface area contributed by atoms with E-state index < -0.39 is 0 Å². The van der Waals surface area contributed by atoms with Gasteiger partial charge in [-0.2, -0.15) is 0 Å². The van der Waals surface area contributed by atoms with Crippen LogP contribution in [0, 0.1) is 0 Å². The van der Waals surface area contributed by atoms with Crippen LogP contribution in [0.15, 0.2) is 37.5 Å². The van der Waals surface area contributed by atoms with Gasteiger partial charge in [-0.1, -0.05) is 18.7 Å². The van der Waals surface area contributed by atoms with Crippen LogP contribution >= 0.6 is 0 Å². The van der Waals surface area contributed by atoms with Crippen LogP contribution in [0.5, 0.6) is 0 Å². The SMILES string of the molecule is C=CCCC=CC(=O)C=C. The number of ketones is 1. The Labute approximate surface area is 61.8 Å². The van der Waals surface area contributed by atoms with Crippen molar-refractivity contribution in [3.8, 4) is 0 Å². The Kier molecular flexibility index (Phi) is 5.35. The monoisotopic (exact) mass is 136 g/mol. The lowest BCUT2D eigenvalue weighted by atomic mass is 10.2. The maximum Gasteiger partial charge on any atom is 0.177 e. The zero-order valence-corrected chi connectivity index (χ0v) is 6.05. The molecule has 0 N–H and O–H groups in total. The first-order valence-electron chi connectivity index (χ1n) is 3.25. The minimum Gasteiger partial charge on any atom is -0.290 e. The predicted molar refractivity (Wildman–Crippen MR) is 43.8 cm³/mol. The summed E-state index contributed by atoms with van der Waals surface area (Å²) in [4.78, 5) is 10.5. The van der Waals surface area contributed by atoms with E-state index >= 15 is 0 Å². The highest BCUT2D eigenvalue weighted by molar-refractivity contribution is 5.98. The summed E-state index contributed by atoms with van der Waals surface area (Å²) in [6, 6.07) is 0. The van der Waals surface area contributed by atoms with E-state index in [1.165, 1.54) is 12.2 Å². The van der Waals surface area contributed by atoms with Gasteiger partial charge in [0.15, 0.2) is 5.78 Å². The summed E-state index contributed by atoms with van der Waals surface area (Å²) in [6.07, 6.45) is 8.26. The summed E-state index contributed by atoms with van der Waals surface area (Å²) in [6.45, 7) is 6.90. The van der Waals surface area contributed by atoms with E-state index in [1.54, 1.807) is 0 Å². The van der Waals surface area contributed by atoms with Crippen molar-refractivity contribution in [2.75, 3.05) is 0 Å². The molecule has 1 heteroatoms. The van der Waals surface area contributed by atoms with Gasteiger partial charge in [-0.15, -0.1) is 6.58 Å². The maximum absolute atomic E-state index is 10.5. The van der Waals surface area contributed by atoms with Crippen LogP contribution in [-0.4, -0.2) is 5.78 Å². The summed E-state index contributed by atoms with van der Waals surface area (Å²) < 4.78 is 0. The molecule has 0 spiro atoms. The molecule has 0 aromatic carbocycles. The van der Waals surface area contributed by atoms with E-state index in [0.717, 1.165) is 12.8 Å². The standard InChI is InChI=1S/C9H12O/c1-3-5-6-7-8-9(10)4-2/h3-4,7-8H,1-2,5-6H2. The lowest BCUT2D eigenvalue weighted by molar-refractivity contribution is -0.110. The van der Waals surface area contributed by atoms with Crippen LogP contribution < -0.4 is 0 Å². The molecule has 0 saturated heterocycles. The van der Waals surface area contributed by atoms with Crippen LogP contribution in [-0.2, 0) is 4.79 Å². The van der Waals surface area contributed by atoms with E-state index in [-0.39, 0.29) is 5.78 Å². The Bertz CT molecular complexity index is 154. The normalized spacial score (nSPS) is 9.60. The van der Waals surface area contributed by atoms with Gasteiger partial charge in [-0.05, 0) is 25.0 Å². The topological polar surface area (TPSA) is 17.1 Å². The Morgan fingerprint density at radius 3 is 2.50 bits per heavy atom. The van der Waals surface area contributed by atoms with E-state index in [2.05, 4.69) is 13.2 Å². The molecule has 0 radical (unpaired) electrons. The van der Waals surface area contributed by atoms with Crippen LogP contribution in [0.25, 0.3) is 0 Å². The zero-order valence-electron chi connectivity index (χ0n) is 6.05. The number of hydrogen-bond acceptors (Lipinski definition) is 1. The van der Waals surface area contributed by atoms with Gasteiger partial charge in [-0.25, -0.2) is 0 Å². The number of carbonyl (C=O) groups excluding carboxylic acids is 1. The van der Waals surface area contributed by atoms with Crippen LogP contribution in [0.4, 0.5) is 0 Å². The van der Waals surface area contributed by atoms with Gasteiger partial charge < -0.3 is 0 Å².